The number of nitrogens with one attached hydrogen (secondary N) is 3. The molecule has 2 spiro atoms. The summed E-state index contributed by atoms with van der Waals surface area (Å²) in [5.74, 6) is 4.48. The van der Waals surface area contributed by atoms with Gasteiger partial charge in [0.2, 0.25) is 23.6 Å². The molecule has 0 radical (unpaired) electrons. The number of carbonyl (C=O) groups is 4. The molecule has 4 atom stereocenters. The highest BCUT2D eigenvalue weighted by Gasteiger charge is 2.59. The number of pyridine rings is 2. The number of carbonyl (C=O) groups excluding carboxylic acids is 4. The Bertz CT molecular complexity index is 3100. The fraction of sp³-hybridized carbons (Fsp3) is 0.556. The number of amides is 2. The topological polar surface area (TPSA) is 204 Å². The summed E-state index contributed by atoms with van der Waals surface area (Å²) in [5, 5.41) is 12.0. The Morgan fingerprint density at radius 2 is 1.09 bits per heavy atom. The van der Waals surface area contributed by atoms with Gasteiger partial charge in [-0.1, -0.05) is 51.7 Å². The molecule has 3 N–H and O–H groups in total. The van der Waals surface area contributed by atoms with E-state index in [-0.39, 0.29) is 46.6 Å². The molecule has 10 rings (SSSR count). The molecule has 6 aromatic rings. The molecule has 16 heteroatoms. The minimum absolute atomic E-state index is 0.0650. The lowest BCUT2D eigenvalue weighted by atomic mass is 9.91. The monoisotopic (exact) mass is 1080 g/mol. The number of hydrogen-bond donors (Lipinski definition) is 3. The van der Waals surface area contributed by atoms with Crippen LogP contribution in [0.3, 0.4) is 0 Å². The van der Waals surface area contributed by atoms with Crippen LogP contribution in [0.5, 0.6) is 11.5 Å². The standard InChI is InChI=1S/C32H42N4O4.C31H40N4O4/c1-5-23(37)9-7-6-8-10-26(35-30(38)25-19-32(25)13-15-36(3)16-14-32)31-33-20-29(40-31)24-17-22-12-11-21(2)34-27(22)18-28(24)39-4;1-4-22(36)8-6-5-7-9-25(35-29(37)24-18-31(24)12-14-32-15-13-31)30-33-19-28(39-30)23-16-21-11-10-20(2)34-26(21)17-27(23)38-3/h11-12,17-18,20,25-26H,5-10,13-16,19H2,1-4H3,(H,35,38);10-11,16-17,19,24-25,32H,4-9,12-15,18H2,1-3H3,(H,35,37)/t25-,26+;24-,25+/m11/s1. The van der Waals surface area contributed by atoms with Gasteiger partial charge in [-0.05, 0) is 146 Å². The number of methoxy groups -OCH3 is 2. The zero-order chi connectivity index (χ0) is 55.7. The summed E-state index contributed by atoms with van der Waals surface area (Å²) in [6.07, 6.45) is 18.8. The van der Waals surface area contributed by atoms with Gasteiger partial charge in [-0.3, -0.25) is 29.1 Å². The quantitative estimate of drug-likeness (QED) is 0.0483. The second-order valence-corrected chi connectivity index (χ2v) is 22.9. The van der Waals surface area contributed by atoms with Crippen molar-refractivity contribution in [2.45, 2.75) is 155 Å². The van der Waals surface area contributed by atoms with Crippen molar-refractivity contribution in [2.75, 3.05) is 47.4 Å². The molecule has 79 heavy (non-hydrogen) atoms. The van der Waals surface area contributed by atoms with Crippen molar-refractivity contribution in [1.29, 1.82) is 0 Å². The molecule has 6 heterocycles. The molecule has 2 aliphatic heterocycles. The summed E-state index contributed by atoms with van der Waals surface area (Å²) >= 11 is 0. The lowest BCUT2D eigenvalue weighted by Crippen LogP contribution is -2.36. The maximum Gasteiger partial charge on any atom is 0.224 e. The van der Waals surface area contributed by atoms with Gasteiger partial charge in [-0.15, -0.1) is 0 Å². The Kier molecular flexibility index (Phi) is 18.6. The zero-order valence-electron chi connectivity index (χ0n) is 47.6. The summed E-state index contributed by atoms with van der Waals surface area (Å²) in [6.45, 7) is 11.8. The van der Waals surface area contributed by atoms with Crippen LogP contribution in [-0.4, -0.2) is 95.7 Å². The number of ether oxygens (including phenoxy) is 2. The molecule has 2 aliphatic carbocycles. The smallest absolute Gasteiger partial charge is 0.224 e. The third kappa shape index (κ3) is 13.9. The predicted molar refractivity (Wildman–Crippen MR) is 306 cm³/mol. The molecular weight excluding hydrogens is 997 g/mol. The van der Waals surface area contributed by atoms with Gasteiger partial charge >= 0.3 is 0 Å². The van der Waals surface area contributed by atoms with E-state index in [0.29, 0.717) is 84.9 Å². The number of piperidine rings is 2. The number of unbranched alkanes of at least 4 members (excludes halogenated alkanes) is 4. The van der Waals surface area contributed by atoms with Crippen LogP contribution in [0.4, 0.5) is 0 Å². The molecule has 422 valence electrons. The lowest BCUT2D eigenvalue weighted by Gasteiger charge is -2.30. The summed E-state index contributed by atoms with van der Waals surface area (Å²) < 4.78 is 24.0. The second kappa shape index (κ2) is 25.7. The Morgan fingerprint density at radius 3 is 1.52 bits per heavy atom. The van der Waals surface area contributed by atoms with E-state index in [0.717, 1.165) is 148 Å². The average molecular weight is 1080 g/mol. The van der Waals surface area contributed by atoms with E-state index in [2.05, 4.69) is 47.8 Å². The highest BCUT2D eigenvalue weighted by atomic mass is 16.5. The number of aromatic nitrogens is 4. The zero-order valence-corrected chi connectivity index (χ0v) is 47.6. The van der Waals surface area contributed by atoms with Crippen LogP contribution in [0.25, 0.3) is 44.5 Å². The van der Waals surface area contributed by atoms with Crippen LogP contribution in [0.15, 0.2) is 69.8 Å². The maximum atomic E-state index is 13.4. The second-order valence-electron chi connectivity index (χ2n) is 22.9. The number of nitrogens with zero attached hydrogens (tertiary/aromatic N) is 5. The van der Waals surface area contributed by atoms with Crippen molar-refractivity contribution in [3.8, 4) is 34.1 Å². The van der Waals surface area contributed by atoms with Crippen molar-refractivity contribution in [3.05, 3.63) is 84.1 Å². The fourth-order valence-electron chi connectivity index (χ4n) is 12.0. The van der Waals surface area contributed by atoms with Gasteiger partial charge in [-0.2, -0.15) is 0 Å². The number of oxazole rings is 2. The summed E-state index contributed by atoms with van der Waals surface area (Å²) in [6, 6.07) is 15.3. The molecular formula is C63H82N8O8. The van der Waals surface area contributed by atoms with Crippen LogP contribution in [0.1, 0.15) is 165 Å². The molecule has 4 aromatic heterocycles. The summed E-state index contributed by atoms with van der Waals surface area (Å²) in [4.78, 5) is 71.0. The van der Waals surface area contributed by atoms with Gasteiger partial charge in [-0.25, -0.2) is 9.97 Å². The fourth-order valence-corrected chi connectivity index (χ4v) is 12.0. The van der Waals surface area contributed by atoms with E-state index in [1.807, 2.05) is 76.2 Å². The summed E-state index contributed by atoms with van der Waals surface area (Å²) in [5.41, 5.74) is 5.53. The first-order valence-corrected chi connectivity index (χ1v) is 29.1. The Morgan fingerprint density at radius 1 is 0.646 bits per heavy atom. The van der Waals surface area contributed by atoms with E-state index >= 15 is 0 Å². The van der Waals surface area contributed by atoms with Crippen LogP contribution >= 0.6 is 0 Å². The molecule has 2 aromatic carbocycles. The molecule has 2 saturated carbocycles. The number of hydrogen-bond acceptors (Lipinski definition) is 14. The van der Waals surface area contributed by atoms with E-state index in [1.165, 1.54) is 0 Å². The first-order chi connectivity index (χ1) is 38.2. The van der Waals surface area contributed by atoms with E-state index < -0.39 is 0 Å². The SMILES string of the molecule is CCC(=O)CCCCC[C@H](NC(=O)[C@H]1CC12CCN(C)CC2)c1ncc(-c2cc3ccc(C)nc3cc2OC)o1.CCC(=O)CCCCC[C@H](NC(=O)[C@H]1CC12CCNCC2)c1ncc(-c2cc3ccc(C)nc3cc2OC)o1. The van der Waals surface area contributed by atoms with E-state index in [9.17, 15) is 19.2 Å². The molecule has 0 bridgehead atoms. The minimum atomic E-state index is -0.317. The maximum absolute atomic E-state index is 13.4. The number of Topliss-reactive ketones (excluding diaryl/α,β-unsaturated/α-hetero) is 2. The normalized spacial score (nSPS) is 18.9. The van der Waals surface area contributed by atoms with Crippen molar-refractivity contribution < 1.29 is 37.5 Å². The van der Waals surface area contributed by atoms with Crippen LogP contribution < -0.4 is 25.4 Å². The number of fused-ring (bicyclic) bond motifs is 2. The van der Waals surface area contributed by atoms with Gasteiger partial charge in [0.25, 0.3) is 0 Å². The molecule has 2 saturated heterocycles. The number of benzene rings is 2. The number of aryl methyl sites for hydroxylation is 2. The van der Waals surface area contributed by atoms with Gasteiger partial charge in [0.1, 0.15) is 35.1 Å². The summed E-state index contributed by atoms with van der Waals surface area (Å²) in [7, 11) is 5.42. The Labute approximate surface area is 465 Å². The number of likely N-dealkylation sites (tertiary alicyclic amines) is 1. The van der Waals surface area contributed by atoms with Crippen molar-refractivity contribution in [3.63, 3.8) is 0 Å². The first kappa shape index (κ1) is 57.2. The van der Waals surface area contributed by atoms with Crippen LogP contribution in [0.2, 0.25) is 0 Å². The van der Waals surface area contributed by atoms with Gasteiger partial charge < -0.3 is 39.2 Å². The molecule has 16 nitrogen and oxygen atoms in total. The molecule has 4 aliphatic rings. The average Bonchev–Trinajstić information content (AvgIpc) is 4.26. The van der Waals surface area contributed by atoms with Crippen molar-refractivity contribution >= 4 is 45.2 Å². The third-order valence-electron chi connectivity index (χ3n) is 17.4. The van der Waals surface area contributed by atoms with Gasteiger partial charge in [0.05, 0.1) is 48.8 Å². The van der Waals surface area contributed by atoms with E-state index in [1.54, 1.807) is 26.6 Å². The van der Waals surface area contributed by atoms with Gasteiger partial charge in [0, 0.05) is 71.8 Å². The largest absolute Gasteiger partial charge is 0.496 e. The number of rotatable bonds is 24. The highest BCUT2D eigenvalue weighted by Crippen LogP contribution is 2.60. The third-order valence-corrected chi connectivity index (χ3v) is 17.4. The Balaban J connectivity index is 0.000000192. The van der Waals surface area contributed by atoms with Crippen molar-refractivity contribution in [2.24, 2.45) is 22.7 Å². The van der Waals surface area contributed by atoms with Crippen LogP contribution in [0, 0.1) is 36.5 Å². The van der Waals surface area contributed by atoms with Gasteiger partial charge in [0.15, 0.2) is 11.5 Å². The lowest BCUT2D eigenvalue weighted by molar-refractivity contribution is -0.125. The Hall–Kier alpha value is -6.52. The molecule has 0 unspecified atom stereocenters. The number of ketones is 2. The molecule has 4 fully saturated rings. The van der Waals surface area contributed by atoms with Crippen molar-refractivity contribution in [1.82, 2.24) is 40.8 Å². The van der Waals surface area contributed by atoms with Crippen LogP contribution in [-0.2, 0) is 19.2 Å². The molecule has 2 amide bonds. The van der Waals surface area contributed by atoms with E-state index in [4.69, 9.17) is 18.3 Å². The predicted octanol–water partition coefficient (Wildman–Crippen LogP) is 11.7. The highest BCUT2D eigenvalue weighted by molar-refractivity contribution is 5.89. The first-order valence-electron chi connectivity index (χ1n) is 29.1. The minimum Gasteiger partial charge on any atom is -0.496 e.